The number of hydrogen-bond acceptors (Lipinski definition) is 12. The van der Waals surface area contributed by atoms with Gasteiger partial charge in [0.05, 0.1) is 48.1 Å². The molecule has 7 bridgehead atoms. The molecule has 2 aliphatic heterocycles. The Labute approximate surface area is 310 Å². The van der Waals surface area contributed by atoms with Crippen molar-refractivity contribution in [1.29, 1.82) is 0 Å². The molecular formula is C40H54N2O11. The van der Waals surface area contributed by atoms with Crippen molar-refractivity contribution in [2.75, 3.05) is 45.9 Å². The van der Waals surface area contributed by atoms with Gasteiger partial charge in [-0.1, -0.05) is 39.8 Å². The largest absolute Gasteiger partial charge is 0.461 e. The number of nitrogens with zero attached hydrogens (tertiary/aromatic N) is 2. The molecule has 2 heterocycles. The molecule has 2 N–H and O–H groups in total. The number of anilines is 1. The number of esters is 2. The average Bonchev–Trinajstić information content (AvgIpc) is 3.65. The first kappa shape index (κ1) is 37.0. The lowest BCUT2D eigenvalue weighted by molar-refractivity contribution is -0.319. The molecule has 7 fully saturated rings. The summed E-state index contributed by atoms with van der Waals surface area (Å²) < 4.78 is 31.6. The van der Waals surface area contributed by atoms with Crippen molar-refractivity contribution in [1.82, 2.24) is 4.90 Å². The highest BCUT2D eigenvalue weighted by Gasteiger charge is 2.92. The van der Waals surface area contributed by atoms with Crippen LogP contribution in [0.25, 0.3) is 0 Å². The molecule has 53 heavy (non-hydrogen) atoms. The van der Waals surface area contributed by atoms with E-state index in [1.807, 2.05) is 6.92 Å². The van der Waals surface area contributed by atoms with E-state index in [9.17, 15) is 29.4 Å². The van der Waals surface area contributed by atoms with Crippen molar-refractivity contribution >= 4 is 29.4 Å². The number of methoxy groups -OCH3 is 3. The summed E-state index contributed by atoms with van der Waals surface area (Å²) in [7, 11) is 4.88. The number of carbonyl (C=O) groups excluding carboxylic acids is 4. The number of likely N-dealkylation sites (N-methyl/N-ethyl adjacent to an activating group) is 1. The van der Waals surface area contributed by atoms with E-state index in [0.29, 0.717) is 32.4 Å². The molecule has 1 aromatic carbocycles. The van der Waals surface area contributed by atoms with Crippen molar-refractivity contribution in [3.8, 4) is 0 Å². The summed E-state index contributed by atoms with van der Waals surface area (Å²) in [6, 6.07) is 5.96. The van der Waals surface area contributed by atoms with Gasteiger partial charge in [-0.3, -0.25) is 19.3 Å². The molecular weight excluding hydrogens is 684 g/mol. The van der Waals surface area contributed by atoms with E-state index in [-0.39, 0.29) is 72.3 Å². The molecule has 2 amide bonds. The van der Waals surface area contributed by atoms with Crippen LogP contribution in [0.1, 0.15) is 70.2 Å². The number of rotatable bonds is 10. The molecule has 14 atom stereocenters. The smallest absolute Gasteiger partial charge is 0.340 e. The summed E-state index contributed by atoms with van der Waals surface area (Å²) in [5, 5.41) is 27.0. The second kappa shape index (κ2) is 12.5. The van der Waals surface area contributed by atoms with Crippen molar-refractivity contribution < 1.29 is 53.1 Å². The molecule has 1 spiro atoms. The van der Waals surface area contributed by atoms with Gasteiger partial charge in [0, 0.05) is 75.2 Å². The van der Waals surface area contributed by atoms with Gasteiger partial charge >= 0.3 is 11.9 Å². The maximum absolute atomic E-state index is 14.1. The molecule has 290 valence electrons. The Bertz CT molecular complexity index is 1700. The summed E-state index contributed by atoms with van der Waals surface area (Å²) in [6.45, 7) is 8.30. The fraction of sp³-hybridized carbons (Fsp3) is 0.750. The van der Waals surface area contributed by atoms with Crippen LogP contribution < -0.4 is 4.90 Å². The van der Waals surface area contributed by atoms with Crippen LogP contribution in [0.15, 0.2) is 24.3 Å². The van der Waals surface area contributed by atoms with Crippen LogP contribution in [0.5, 0.6) is 0 Å². The number of amides is 2. The highest BCUT2D eigenvalue weighted by atomic mass is 16.6. The van der Waals surface area contributed by atoms with E-state index in [4.69, 9.17) is 23.7 Å². The number of aliphatic hydroxyl groups is 2. The minimum Gasteiger partial charge on any atom is -0.461 e. The third-order valence-electron chi connectivity index (χ3n) is 15.0. The Morgan fingerprint density at radius 3 is 2.42 bits per heavy atom. The Morgan fingerprint density at radius 1 is 1.06 bits per heavy atom. The lowest BCUT2D eigenvalue weighted by Crippen LogP contribution is -2.82. The third kappa shape index (κ3) is 4.52. The van der Waals surface area contributed by atoms with Gasteiger partial charge in [-0.25, -0.2) is 9.69 Å². The number of hydrogen-bond donors (Lipinski definition) is 2. The number of benzene rings is 1. The first-order valence-corrected chi connectivity index (χ1v) is 19.3. The van der Waals surface area contributed by atoms with Gasteiger partial charge in [-0.2, -0.15) is 0 Å². The summed E-state index contributed by atoms with van der Waals surface area (Å²) >= 11 is 0. The summed E-state index contributed by atoms with van der Waals surface area (Å²) in [5.74, 6) is -4.07. The van der Waals surface area contributed by atoms with Crippen molar-refractivity contribution in [2.24, 2.45) is 46.3 Å². The Kier molecular flexibility index (Phi) is 8.76. The number of likely N-dealkylation sites (tertiary alicyclic amines) is 1. The Balaban J connectivity index is 1.24. The zero-order chi connectivity index (χ0) is 38.0. The maximum atomic E-state index is 14.1. The van der Waals surface area contributed by atoms with Gasteiger partial charge in [0.1, 0.15) is 17.3 Å². The monoisotopic (exact) mass is 738 g/mol. The van der Waals surface area contributed by atoms with Gasteiger partial charge in [0.2, 0.25) is 11.8 Å². The molecule has 7 aliphatic rings. The van der Waals surface area contributed by atoms with E-state index in [0.717, 1.165) is 4.90 Å². The maximum Gasteiger partial charge on any atom is 0.340 e. The van der Waals surface area contributed by atoms with Crippen LogP contribution in [0.4, 0.5) is 5.69 Å². The predicted molar refractivity (Wildman–Crippen MR) is 188 cm³/mol. The zero-order valence-corrected chi connectivity index (χ0v) is 31.8. The molecule has 1 aromatic rings. The van der Waals surface area contributed by atoms with Crippen molar-refractivity contribution in [3.63, 3.8) is 0 Å². The average molecular weight is 739 g/mol. The third-order valence-corrected chi connectivity index (χ3v) is 15.0. The Hall–Kier alpha value is -2.94. The van der Waals surface area contributed by atoms with Gasteiger partial charge in [0.25, 0.3) is 0 Å². The standard InChI is InChI=1S/C40H54N2O11/c1-8-41-18-37(19-52-35(46)22-11-9-10-12-25(22)42-28(43)15-21(4)33(42)44)14-13-27(50-6)39-24-16-23-26(49-5)17-38(47,29(24)30(23)53-34(45)20(2)3)40(48,36(39)41)32(51-7)31(37)39/h9-12,20-21,23-24,26-27,29-32,36,47-48H,8,13-19H2,1-7H3/t21?,23-,24?,26+,27+,29?,30?,31?,32?,36+,37+,38-,39+,40+/m1/s1. The molecule has 5 saturated carbocycles. The van der Waals surface area contributed by atoms with E-state index in [1.165, 1.54) is 0 Å². The van der Waals surface area contributed by atoms with E-state index in [2.05, 4.69) is 4.90 Å². The van der Waals surface area contributed by atoms with E-state index in [1.54, 1.807) is 66.4 Å². The number of ether oxygens (including phenoxy) is 5. The number of fused-ring (bicyclic) bond motifs is 2. The van der Waals surface area contributed by atoms with Crippen LogP contribution in [-0.4, -0.2) is 122 Å². The molecule has 5 aliphatic carbocycles. The van der Waals surface area contributed by atoms with Gasteiger partial charge in [0.15, 0.2) is 0 Å². The summed E-state index contributed by atoms with van der Waals surface area (Å²) in [6.07, 6.45) is -0.344. The van der Waals surface area contributed by atoms with Crippen LogP contribution in [-0.2, 0) is 38.1 Å². The zero-order valence-electron chi connectivity index (χ0n) is 31.8. The summed E-state index contributed by atoms with van der Waals surface area (Å²) in [5.41, 5.74) is -4.76. The number of imide groups is 1. The van der Waals surface area contributed by atoms with E-state index >= 15 is 0 Å². The number of carbonyl (C=O) groups is 4. The van der Waals surface area contributed by atoms with Crippen molar-refractivity contribution in [3.05, 3.63) is 29.8 Å². The molecule has 13 heteroatoms. The first-order valence-electron chi connectivity index (χ1n) is 19.3. The van der Waals surface area contributed by atoms with Crippen LogP contribution >= 0.6 is 0 Å². The Morgan fingerprint density at radius 2 is 1.79 bits per heavy atom. The fourth-order valence-corrected chi connectivity index (χ4v) is 13.3. The number of piperidine rings is 1. The molecule has 13 nitrogen and oxygen atoms in total. The van der Waals surface area contributed by atoms with E-state index < -0.39 is 70.1 Å². The van der Waals surface area contributed by atoms with Gasteiger partial charge < -0.3 is 33.9 Å². The highest BCUT2D eigenvalue weighted by Crippen LogP contribution is 2.80. The lowest BCUT2D eigenvalue weighted by Gasteiger charge is -2.70. The molecule has 8 rings (SSSR count). The second-order valence-electron chi connectivity index (χ2n) is 17.3. The minimum absolute atomic E-state index is 0.0216. The quantitative estimate of drug-likeness (QED) is 0.267. The highest BCUT2D eigenvalue weighted by molar-refractivity contribution is 6.22. The topological polar surface area (TPSA) is 161 Å². The molecule has 0 radical (unpaired) electrons. The van der Waals surface area contributed by atoms with Crippen LogP contribution in [0.3, 0.4) is 0 Å². The van der Waals surface area contributed by atoms with Crippen molar-refractivity contribution in [2.45, 2.75) is 101 Å². The number of para-hydroxylation sites is 1. The fourth-order valence-electron chi connectivity index (χ4n) is 13.3. The van der Waals surface area contributed by atoms with Crippen LogP contribution in [0, 0.1) is 46.3 Å². The SMILES string of the molecule is CCN1C[C@]2(COC(=O)c3ccccc3N3C(=O)CC(C)C3=O)CC[C@H](OC)[C@@]34C5C[C@H]6C(OC(=O)C(C)C)C5[C@](O)(C[C@@H]6OC)[C@](O)(C(OC)C23)[C@@H]14. The lowest BCUT2D eigenvalue weighted by atomic mass is 9.42. The normalized spacial score (nSPS) is 45.2. The first-order chi connectivity index (χ1) is 25.2. The minimum atomic E-state index is -1.83. The van der Waals surface area contributed by atoms with Gasteiger partial charge in [-0.15, -0.1) is 0 Å². The molecule has 2 saturated heterocycles. The summed E-state index contributed by atoms with van der Waals surface area (Å²) in [4.78, 5) is 56.7. The van der Waals surface area contributed by atoms with Crippen LogP contribution in [0.2, 0.25) is 0 Å². The molecule has 6 unspecified atom stereocenters. The second-order valence-corrected chi connectivity index (χ2v) is 17.3. The predicted octanol–water partition coefficient (Wildman–Crippen LogP) is 2.59. The molecule has 0 aromatic heterocycles. The van der Waals surface area contributed by atoms with Gasteiger partial charge in [-0.05, 0) is 43.9 Å².